The molecule has 26 heavy (non-hydrogen) atoms. The molecule has 134 valence electrons. The van der Waals surface area contributed by atoms with E-state index in [9.17, 15) is 4.79 Å². The third-order valence-corrected chi connectivity index (χ3v) is 5.45. The van der Waals surface area contributed by atoms with Crippen molar-refractivity contribution in [2.24, 2.45) is 0 Å². The molecule has 0 bridgehead atoms. The average molecular weight is 386 g/mol. The summed E-state index contributed by atoms with van der Waals surface area (Å²) in [6, 6.07) is 18.0. The number of esters is 1. The van der Waals surface area contributed by atoms with Crippen LogP contribution in [0.5, 0.6) is 0 Å². The molecular formula is C21H20ClNO2S. The zero-order chi connectivity index (χ0) is 18.5. The molecule has 5 heteroatoms. The number of thiophene rings is 1. The van der Waals surface area contributed by atoms with Crippen molar-refractivity contribution in [3.05, 3.63) is 75.6 Å². The number of hydrogen-bond acceptors (Lipinski definition) is 4. The molecule has 0 aliphatic carbocycles. The Morgan fingerprint density at radius 1 is 1.04 bits per heavy atom. The summed E-state index contributed by atoms with van der Waals surface area (Å²) in [5.41, 5.74) is 10.4. The van der Waals surface area contributed by atoms with Gasteiger partial charge < -0.3 is 10.5 Å². The van der Waals surface area contributed by atoms with Crippen LogP contribution in [0.1, 0.15) is 22.9 Å². The van der Waals surface area contributed by atoms with Crippen molar-refractivity contribution in [2.45, 2.75) is 26.4 Å². The highest BCUT2D eigenvalue weighted by Gasteiger charge is 2.11. The SMILES string of the molecule is CC(=O)OCc1ccc(CCc2cc(-c3ccccc3Cl)c(N)s2)cc1. The zero-order valence-corrected chi connectivity index (χ0v) is 16.1. The fraction of sp³-hybridized carbons (Fsp3) is 0.190. The molecule has 1 heterocycles. The van der Waals surface area contributed by atoms with Crippen LogP contribution >= 0.6 is 22.9 Å². The van der Waals surface area contributed by atoms with E-state index in [1.165, 1.54) is 17.4 Å². The summed E-state index contributed by atoms with van der Waals surface area (Å²) >= 11 is 7.90. The Bertz CT molecular complexity index is 903. The van der Waals surface area contributed by atoms with Gasteiger partial charge in [0.1, 0.15) is 6.61 Å². The summed E-state index contributed by atoms with van der Waals surface area (Å²) in [5, 5.41) is 1.51. The topological polar surface area (TPSA) is 52.3 Å². The molecule has 3 aromatic rings. The molecule has 0 atom stereocenters. The van der Waals surface area contributed by atoms with Gasteiger partial charge in [0.2, 0.25) is 0 Å². The molecule has 3 nitrogen and oxygen atoms in total. The number of aryl methyl sites for hydroxylation is 2. The lowest BCUT2D eigenvalue weighted by Crippen LogP contribution is -1.99. The van der Waals surface area contributed by atoms with Crippen molar-refractivity contribution in [3.8, 4) is 11.1 Å². The number of rotatable bonds is 6. The number of nitrogens with two attached hydrogens (primary N) is 1. The van der Waals surface area contributed by atoms with E-state index in [1.54, 1.807) is 11.3 Å². The van der Waals surface area contributed by atoms with Gasteiger partial charge in [-0.15, -0.1) is 11.3 Å². The van der Waals surface area contributed by atoms with E-state index in [1.807, 2.05) is 36.4 Å². The monoisotopic (exact) mass is 385 g/mol. The molecule has 2 aromatic carbocycles. The van der Waals surface area contributed by atoms with Gasteiger partial charge in [-0.3, -0.25) is 4.79 Å². The van der Waals surface area contributed by atoms with E-state index in [4.69, 9.17) is 22.1 Å². The summed E-state index contributed by atoms with van der Waals surface area (Å²) in [6.07, 6.45) is 1.85. The highest BCUT2D eigenvalue weighted by molar-refractivity contribution is 7.16. The molecule has 0 amide bonds. The number of ether oxygens (including phenoxy) is 1. The van der Waals surface area contributed by atoms with Crippen LogP contribution in [0.2, 0.25) is 5.02 Å². The molecule has 0 unspecified atom stereocenters. The van der Waals surface area contributed by atoms with Gasteiger partial charge in [-0.1, -0.05) is 54.1 Å². The van der Waals surface area contributed by atoms with Gasteiger partial charge >= 0.3 is 5.97 Å². The summed E-state index contributed by atoms with van der Waals surface area (Å²) < 4.78 is 5.00. The van der Waals surface area contributed by atoms with Crippen molar-refractivity contribution in [1.29, 1.82) is 0 Å². The first-order valence-electron chi connectivity index (χ1n) is 8.37. The number of halogens is 1. The molecule has 0 saturated carbocycles. The van der Waals surface area contributed by atoms with Crippen LogP contribution < -0.4 is 5.73 Å². The predicted octanol–water partition coefficient (Wildman–Crippen LogP) is 5.50. The standard InChI is InChI=1S/C21H20ClNO2S/c1-14(24)25-13-16-8-6-15(7-9-16)10-11-17-12-19(21(23)26-17)18-4-2-3-5-20(18)22/h2-9,12H,10-11,13,23H2,1H3. The maximum atomic E-state index is 10.9. The quantitative estimate of drug-likeness (QED) is 0.570. The highest BCUT2D eigenvalue weighted by Crippen LogP contribution is 2.37. The second-order valence-electron chi connectivity index (χ2n) is 6.07. The third-order valence-electron chi connectivity index (χ3n) is 4.10. The Morgan fingerprint density at radius 2 is 1.73 bits per heavy atom. The first kappa shape index (κ1) is 18.5. The zero-order valence-electron chi connectivity index (χ0n) is 14.5. The van der Waals surface area contributed by atoms with Gasteiger partial charge in [0, 0.05) is 28.0 Å². The molecule has 0 fully saturated rings. The maximum absolute atomic E-state index is 10.9. The minimum atomic E-state index is -0.265. The van der Waals surface area contributed by atoms with Gasteiger partial charge in [-0.2, -0.15) is 0 Å². The second-order valence-corrected chi connectivity index (χ2v) is 7.64. The first-order chi connectivity index (χ1) is 12.5. The normalized spacial score (nSPS) is 10.7. The summed E-state index contributed by atoms with van der Waals surface area (Å²) in [7, 11) is 0. The van der Waals surface area contributed by atoms with Crippen LogP contribution in [0.25, 0.3) is 11.1 Å². The van der Waals surface area contributed by atoms with E-state index < -0.39 is 0 Å². The lowest BCUT2D eigenvalue weighted by molar-refractivity contribution is -0.142. The third kappa shape index (κ3) is 4.65. The summed E-state index contributed by atoms with van der Waals surface area (Å²) in [6.45, 7) is 1.73. The second kappa shape index (κ2) is 8.39. The van der Waals surface area contributed by atoms with E-state index >= 15 is 0 Å². The number of carbonyl (C=O) groups excluding carboxylic acids is 1. The Hall–Kier alpha value is -2.30. The van der Waals surface area contributed by atoms with Gasteiger partial charge in [0.25, 0.3) is 0 Å². The van der Waals surface area contributed by atoms with Gasteiger partial charge in [-0.25, -0.2) is 0 Å². The number of hydrogen-bond donors (Lipinski definition) is 1. The van der Waals surface area contributed by atoms with Gasteiger partial charge in [0.15, 0.2) is 0 Å². The van der Waals surface area contributed by atoms with Crippen molar-refractivity contribution in [3.63, 3.8) is 0 Å². The first-order valence-corrected chi connectivity index (χ1v) is 9.56. The molecular weight excluding hydrogens is 366 g/mol. The van der Waals surface area contributed by atoms with E-state index in [0.29, 0.717) is 11.6 Å². The van der Waals surface area contributed by atoms with E-state index in [-0.39, 0.29) is 5.97 Å². The fourth-order valence-electron chi connectivity index (χ4n) is 2.73. The van der Waals surface area contributed by atoms with Crippen LogP contribution in [-0.4, -0.2) is 5.97 Å². The van der Waals surface area contributed by atoms with Gasteiger partial charge in [-0.05, 0) is 36.1 Å². The van der Waals surface area contributed by atoms with Crippen LogP contribution in [0.15, 0.2) is 54.6 Å². The summed E-state index contributed by atoms with van der Waals surface area (Å²) in [4.78, 5) is 12.1. The molecule has 0 aliphatic rings. The minimum absolute atomic E-state index is 0.265. The molecule has 2 N–H and O–H groups in total. The predicted molar refractivity (Wildman–Crippen MR) is 108 cm³/mol. The Kier molecular flexibility index (Phi) is 5.96. The number of carbonyl (C=O) groups is 1. The van der Waals surface area contributed by atoms with Crippen LogP contribution in [0.3, 0.4) is 0 Å². The van der Waals surface area contributed by atoms with Crippen LogP contribution in [-0.2, 0) is 29.0 Å². The molecule has 3 rings (SSSR count). The molecule has 0 aliphatic heterocycles. The molecule has 0 radical (unpaired) electrons. The van der Waals surface area contributed by atoms with Crippen molar-refractivity contribution in [1.82, 2.24) is 0 Å². The van der Waals surface area contributed by atoms with E-state index in [0.717, 1.165) is 34.5 Å². The Morgan fingerprint density at radius 3 is 2.42 bits per heavy atom. The Balaban J connectivity index is 1.64. The maximum Gasteiger partial charge on any atom is 0.302 e. The fourth-order valence-corrected chi connectivity index (χ4v) is 3.91. The molecule has 0 saturated heterocycles. The molecule has 0 spiro atoms. The number of nitrogen functional groups attached to an aromatic ring is 1. The van der Waals surface area contributed by atoms with Crippen molar-refractivity contribution in [2.75, 3.05) is 5.73 Å². The molecule has 1 aromatic heterocycles. The Labute approximate surface area is 162 Å². The van der Waals surface area contributed by atoms with Crippen molar-refractivity contribution >= 4 is 33.9 Å². The largest absolute Gasteiger partial charge is 0.461 e. The van der Waals surface area contributed by atoms with Crippen molar-refractivity contribution < 1.29 is 9.53 Å². The lowest BCUT2D eigenvalue weighted by Gasteiger charge is -2.04. The van der Waals surface area contributed by atoms with Crippen LogP contribution in [0.4, 0.5) is 5.00 Å². The van der Waals surface area contributed by atoms with Crippen LogP contribution in [0, 0.1) is 0 Å². The van der Waals surface area contributed by atoms with Gasteiger partial charge in [0.05, 0.1) is 5.00 Å². The highest BCUT2D eigenvalue weighted by atomic mass is 35.5. The number of benzene rings is 2. The van der Waals surface area contributed by atoms with E-state index in [2.05, 4.69) is 18.2 Å². The number of anilines is 1. The minimum Gasteiger partial charge on any atom is -0.461 e. The lowest BCUT2D eigenvalue weighted by atomic mass is 10.0. The average Bonchev–Trinajstić information content (AvgIpc) is 3.00. The smallest absolute Gasteiger partial charge is 0.302 e. The summed E-state index contributed by atoms with van der Waals surface area (Å²) in [5.74, 6) is -0.265.